The predicted octanol–water partition coefficient (Wildman–Crippen LogP) is 1.66. The summed E-state index contributed by atoms with van der Waals surface area (Å²) >= 11 is 0. The SMILES string of the molecule is Cc1nc(CN)cc(OC(F)(F)F)c1[N+](=O)[O-]. The van der Waals surface area contributed by atoms with Crippen molar-refractivity contribution in [3.8, 4) is 5.75 Å². The number of nitrogens with two attached hydrogens (primary N) is 1. The van der Waals surface area contributed by atoms with Gasteiger partial charge < -0.3 is 10.5 Å². The molecule has 0 unspecified atom stereocenters. The lowest BCUT2D eigenvalue weighted by atomic mass is 10.2. The molecular formula is C8H8F3N3O3. The number of rotatable bonds is 3. The summed E-state index contributed by atoms with van der Waals surface area (Å²) < 4.78 is 39.7. The molecule has 0 amide bonds. The fourth-order valence-electron chi connectivity index (χ4n) is 1.23. The number of ether oxygens (including phenoxy) is 1. The molecule has 0 atom stereocenters. The van der Waals surface area contributed by atoms with Crippen LogP contribution in [-0.2, 0) is 6.54 Å². The van der Waals surface area contributed by atoms with Crippen LogP contribution in [-0.4, -0.2) is 16.3 Å². The number of hydrogen-bond acceptors (Lipinski definition) is 5. The Morgan fingerprint density at radius 1 is 1.59 bits per heavy atom. The summed E-state index contributed by atoms with van der Waals surface area (Å²) in [4.78, 5) is 13.3. The first-order chi connectivity index (χ1) is 7.74. The van der Waals surface area contributed by atoms with Gasteiger partial charge >= 0.3 is 12.0 Å². The first-order valence-electron chi connectivity index (χ1n) is 4.35. The van der Waals surface area contributed by atoms with Crippen molar-refractivity contribution in [3.63, 3.8) is 0 Å². The number of hydrogen-bond donors (Lipinski definition) is 1. The second kappa shape index (κ2) is 4.53. The van der Waals surface area contributed by atoms with Crippen LogP contribution in [0.15, 0.2) is 6.07 Å². The summed E-state index contributed by atoms with van der Waals surface area (Å²) in [5.41, 5.74) is 4.28. The van der Waals surface area contributed by atoms with E-state index in [9.17, 15) is 23.3 Å². The van der Waals surface area contributed by atoms with Crippen LogP contribution in [0.5, 0.6) is 5.75 Å². The van der Waals surface area contributed by atoms with E-state index in [1.807, 2.05) is 0 Å². The fourth-order valence-corrected chi connectivity index (χ4v) is 1.23. The van der Waals surface area contributed by atoms with Gasteiger partial charge in [0, 0.05) is 12.6 Å². The molecule has 0 fully saturated rings. The molecule has 0 spiro atoms. The largest absolute Gasteiger partial charge is 0.573 e. The van der Waals surface area contributed by atoms with E-state index in [0.717, 1.165) is 6.07 Å². The Bertz CT molecular complexity index is 448. The molecule has 2 N–H and O–H groups in total. The van der Waals surface area contributed by atoms with E-state index < -0.39 is 22.7 Å². The van der Waals surface area contributed by atoms with Crippen molar-refractivity contribution in [2.24, 2.45) is 5.73 Å². The van der Waals surface area contributed by atoms with Crippen LogP contribution in [0.4, 0.5) is 18.9 Å². The number of nitrogens with zero attached hydrogens (tertiary/aromatic N) is 2. The minimum Gasteiger partial charge on any atom is -0.398 e. The molecule has 1 aromatic heterocycles. The van der Waals surface area contributed by atoms with Gasteiger partial charge in [0.2, 0.25) is 5.75 Å². The number of nitro groups is 1. The molecule has 9 heteroatoms. The maximum absolute atomic E-state index is 12.1. The first kappa shape index (κ1) is 13.2. The number of halogens is 3. The minimum atomic E-state index is -5.01. The van der Waals surface area contributed by atoms with E-state index in [4.69, 9.17) is 5.73 Å². The van der Waals surface area contributed by atoms with Gasteiger partial charge in [-0.15, -0.1) is 13.2 Å². The zero-order chi connectivity index (χ0) is 13.2. The molecule has 17 heavy (non-hydrogen) atoms. The van der Waals surface area contributed by atoms with Crippen molar-refractivity contribution in [1.29, 1.82) is 0 Å². The van der Waals surface area contributed by atoms with Crippen molar-refractivity contribution in [1.82, 2.24) is 4.98 Å². The summed E-state index contributed by atoms with van der Waals surface area (Å²) in [6.45, 7) is 1.06. The van der Waals surface area contributed by atoms with Crippen LogP contribution in [0.3, 0.4) is 0 Å². The van der Waals surface area contributed by atoms with E-state index in [-0.39, 0.29) is 17.9 Å². The Labute approximate surface area is 93.3 Å². The Balaban J connectivity index is 3.32. The Morgan fingerprint density at radius 2 is 2.18 bits per heavy atom. The van der Waals surface area contributed by atoms with Crippen LogP contribution < -0.4 is 10.5 Å². The second-order valence-electron chi connectivity index (χ2n) is 3.05. The molecule has 1 rings (SSSR count). The van der Waals surface area contributed by atoms with E-state index in [1.165, 1.54) is 6.92 Å². The molecular weight excluding hydrogens is 243 g/mol. The fraction of sp³-hybridized carbons (Fsp3) is 0.375. The third kappa shape index (κ3) is 3.28. The van der Waals surface area contributed by atoms with Crippen molar-refractivity contribution in [3.05, 3.63) is 27.6 Å². The molecule has 0 aliphatic heterocycles. The van der Waals surface area contributed by atoms with Crippen molar-refractivity contribution < 1.29 is 22.8 Å². The summed E-state index contributed by atoms with van der Waals surface area (Å²) in [5.74, 6) is -0.907. The topological polar surface area (TPSA) is 91.3 Å². The maximum Gasteiger partial charge on any atom is 0.573 e. The maximum atomic E-state index is 12.1. The van der Waals surface area contributed by atoms with Crippen molar-refractivity contribution >= 4 is 5.69 Å². The lowest BCUT2D eigenvalue weighted by Gasteiger charge is -2.11. The number of alkyl halides is 3. The molecule has 0 aliphatic carbocycles. The highest BCUT2D eigenvalue weighted by atomic mass is 19.4. The molecule has 0 radical (unpaired) electrons. The van der Waals surface area contributed by atoms with Crippen LogP contribution in [0.1, 0.15) is 11.4 Å². The lowest BCUT2D eigenvalue weighted by Crippen LogP contribution is -2.19. The molecule has 0 saturated carbocycles. The molecule has 1 aromatic rings. The Kier molecular flexibility index (Phi) is 3.51. The van der Waals surface area contributed by atoms with Crippen LogP contribution in [0.25, 0.3) is 0 Å². The minimum absolute atomic E-state index is 0.0762. The van der Waals surface area contributed by atoms with E-state index in [1.54, 1.807) is 0 Å². The Morgan fingerprint density at radius 3 is 2.59 bits per heavy atom. The molecule has 0 aromatic carbocycles. The van der Waals surface area contributed by atoms with Crippen LogP contribution >= 0.6 is 0 Å². The third-order valence-corrected chi connectivity index (χ3v) is 1.80. The Hall–Kier alpha value is -1.90. The number of pyridine rings is 1. The summed E-state index contributed by atoms with van der Waals surface area (Å²) in [6, 6.07) is 0.804. The number of aromatic nitrogens is 1. The first-order valence-corrected chi connectivity index (χ1v) is 4.35. The molecule has 0 saturated heterocycles. The van der Waals surface area contributed by atoms with E-state index in [0.29, 0.717) is 0 Å². The van der Waals surface area contributed by atoms with Gasteiger partial charge in [-0.1, -0.05) is 0 Å². The highest BCUT2D eigenvalue weighted by Gasteiger charge is 2.35. The van der Waals surface area contributed by atoms with E-state index >= 15 is 0 Å². The van der Waals surface area contributed by atoms with Crippen molar-refractivity contribution in [2.45, 2.75) is 19.8 Å². The highest BCUT2D eigenvalue weighted by molar-refractivity contribution is 5.50. The average molecular weight is 251 g/mol. The highest BCUT2D eigenvalue weighted by Crippen LogP contribution is 2.34. The summed E-state index contributed by atoms with van der Waals surface area (Å²) in [6.07, 6.45) is -5.01. The quantitative estimate of drug-likeness (QED) is 0.651. The monoisotopic (exact) mass is 251 g/mol. The van der Waals surface area contributed by atoms with Crippen LogP contribution in [0.2, 0.25) is 0 Å². The van der Waals surface area contributed by atoms with Gasteiger partial charge in [0.05, 0.1) is 10.6 Å². The normalized spacial score (nSPS) is 11.4. The number of aryl methyl sites for hydroxylation is 1. The molecule has 0 bridgehead atoms. The van der Waals surface area contributed by atoms with Crippen molar-refractivity contribution in [2.75, 3.05) is 0 Å². The van der Waals surface area contributed by atoms with Gasteiger partial charge in [-0.3, -0.25) is 10.1 Å². The van der Waals surface area contributed by atoms with Gasteiger partial charge in [0.1, 0.15) is 5.69 Å². The summed E-state index contributed by atoms with van der Waals surface area (Å²) in [7, 11) is 0. The zero-order valence-corrected chi connectivity index (χ0v) is 8.61. The smallest absolute Gasteiger partial charge is 0.398 e. The standard InChI is InChI=1S/C8H8F3N3O3/c1-4-7(14(15)16)6(17-8(9,10)11)2-5(3-12)13-4/h2H,3,12H2,1H3. The van der Waals surface area contributed by atoms with Gasteiger partial charge in [0.25, 0.3) is 0 Å². The van der Waals surface area contributed by atoms with E-state index in [2.05, 4.69) is 9.72 Å². The lowest BCUT2D eigenvalue weighted by molar-refractivity contribution is -0.389. The second-order valence-corrected chi connectivity index (χ2v) is 3.05. The predicted molar refractivity (Wildman–Crippen MR) is 50.2 cm³/mol. The van der Waals surface area contributed by atoms with Gasteiger partial charge in [-0.2, -0.15) is 0 Å². The van der Waals surface area contributed by atoms with Gasteiger partial charge in [0.15, 0.2) is 0 Å². The van der Waals surface area contributed by atoms with Gasteiger partial charge in [-0.05, 0) is 6.92 Å². The molecule has 6 nitrogen and oxygen atoms in total. The zero-order valence-electron chi connectivity index (χ0n) is 8.61. The van der Waals surface area contributed by atoms with Crippen LogP contribution in [0, 0.1) is 17.0 Å². The van der Waals surface area contributed by atoms with Gasteiger partial charge in [-0.25, -0.2) is 4.98 Å². The third-order valence-electron chi connectivity index (χ3n) is 1.80. The summed E-state index contributed by atoms with van der Waals surface area (Å²) in [5, 5.41) is 10.6. The molecule has 1 heterocycles. The molecule has 94 valence electrons. The average Bonchev–Trinajstić information content (AvgIpc) is 2.13. The molecule has 0 aliphatic rings.